The molecule has 0 saturated carbocycles. The molecule has 4 aromatic carbocycles. The van der Waals surface area contributed by atoms with Crippen LogP contribution in [0.4, 0.5) is 0 Å². The van der Waals surface area contributed by atoms with E-state index in [1.807, 2.05) is 49.4 Å². The number of hydrogen-bond acceptors (Lipinski definition) is 5. The molecule has 6 rings (SSSR count). The predicted octanol–water partition coefficient (Wildman–Crippen LogP) is 6.76. The maximum Gasteiger partial charge on any atom is 0.343 e. The van der Waals surface area contributed by atoms with Crippen LogP contribution in [0, 0.1) is 13.8 Å². The van der Waals surface area contributed by atoms with Gasteiger partial charge in [-0.25, -0.2) is 9.80 Å². The highest BCUT2D eigenvalue weighted by Crippen LogP contribution is 2.47. The van der Waals surface area contributed by atoms with Gasteiger partial charge in [0.05, 0.1) is 17.3 Å². The summed E-state index contributed by atoms with van der Waals surface area (Å²) in [7, 11) is 0. The third kappa shape index (κ3) is 4.13. The molecule has 0 aliphatic carbocycles. The average molecular weight is 475 g/mol. The number of aryl methyl sites for hydroxylation is 2. The van der Waals surface area contributed by atoms with Crippen LogP contribution in [-0.4, -0.2) is 16.7 Å². The zero-order valence-corrected chi connectivity index (χ0v) is 20.2. The van der Waals surface area contributed by atoms with E-state index in [-0.39, 0.29) is 18.2 Å². The molecule has 5 heteroatoms. The molecule has 5 nitrogen and oxygen atoms in total. The molecule has 4 aromatic rings. The van der Waals surface area contributed by atoms with E-state index < -0.39 is 0 Å². The van der Waals surface area contributed by atoms with Crippen molar-refractivity contribution in [3.8, 4) is 11.5 Å². The molecule has 0 N–H and O–H groups in total. The molecule has 178 valence electrons. The molecule has 0 fully saturated rings. The fraction of sp³-hybridized carbons (Fsp3) is 0.161. The Morgan fingerprint density at radius 1 is 0.861 bits per heavy atom. The molecule has 36 heavy (non-hydrogen) atoms. The summed E-state index contributed by atoms with van der Waals surface area (Å²) in [6.45, 7) is 4.07. The number of hydrogen-bond donors (Lipinski definition) is 0. The Bertz CT molecular complexity index is 1440. The minimum atomic E-state index is -0.380. The van der Waals surface area contributed by atoms with Crippen molar-refractivity contribution < 1.29 is 14.3 Å². The molecular weight excluding hydrogens is 448 g/mol. The SMILES string of the molecule is Cc1ccc(C(=O)Oc2ccc([C@H]3Oc4ccccc4[C@H]4CC(c5ccc(C)cc5)=NN43)cc2)cc1. The van der Waals surface area contributed by atoms with Crippen molar-refractivity contribution in [2.75, 3.05) is 0 Å². The van der Waals surface area contributed by atoms with E-state index in [1.54, 1.807) is 24.3 Å². The summed E-state index contributed by atoms with van der Waals surface area (Å²) in [5.41, 5.74) is 7.11. The second-order valence-corrected chi connectivity index (χ2v) is 9.35. The zero-order valence-electron chi connectivity index (χ0n) is 20.2. The molecule has 0 radical (unpaired) electrons. The fourth-order valence-electron chi connectivity index (χ4n) is 4.73. The lowest BCUT2D eigenvalue weighted by Crippen LogP contribution is -2.33. The van der Waals surface area contributed by atoms with Crippen molar-refractivity contribution in [1.29, 1.82) is 0 Å². The van der Waals surface area contributed by atoms with Crippen LogP contribution in [0.1, 0.15) is 56.9 Å². The van der Waals surface area contributed by atoms with Crippen LogP contribution in [-0.2, 0) is 0 Å². The number of esters is 1. The van der Waals surface area contributed by atoms with E-state index >= 15 is 0 Å². The fourth-order valence-corrected chi connectivity index (χ4v) is 4.73. The van der Waals surface area contributed by atoms with E-state index in [4.69, 9.17) is 14.6 Å². The molecular formula is C31H26N2O3. The lowest BCUT2D eigenvalue weighted by Gasteiger charge is -2.38. The summed E-state index contributed by atoms with van der Waals surface area (Å²) in [5.74, 6) is 0.985. The Morgan fingerprint density at radius 3 is 2.25 bits per heavy atom. The van der Waals surface area contributed by atoms with Crippen LogP contribution in [0.3, 0.4) is 0 Å². The molecule has 0 saturated heterocycles. The number of benzene rings is 4. The first-order valence-electron chi connectivity index (χ1n) is 12.1. The third-order valence-corrected chi connectivity index (χ3v) is 6.75. The topological polar surface area (TPSA) is 51.1 Å². The summed E-state index contributed by atoms with van der Waals surface area (Å²) in [5, 5.41) is 7.08. The highest BCUT2D eigenvalue weighted by Gasteiger charge is 2.40. The molecule has 2 heterocycles. The summed E-state index contributed by atoms with van der Waals surface area (Å²) in [6, 6.07) is 31.6. The van der Waals surface area contributed by atoms with Gasteiger partial charge in [-0.2, -0.15) is 5.10 Å². The van der Waals surface area contributed by atoms with Crippen molar-refractivity contribution in [2.24, 2.45) is 5.10 Å². The van der Waals surface area contributed by atoms with E-state index in [0.29, 0.717) is 11.3 Å². The summed E-state index contributed by atoms with van der Waals surface area (Å²) in [6.07, 6.45) is 0.432. The Hall–Kier alpha value is -4.38. The second-order valence-electron chi connectivity index (χ2n) is 9.35. The van der Waals surface area contributed by atoms with E-state index in [1.165, 1.54) is 5.56 Å². The maximum atomic E-state index is 12.5. The quantitative estimate of drug-likeness (QED) is 0.242. The minimum absolute atomic E-state index is 0.0929. The third-order valence-electron chi connectivity index (χ3n) is 6.75. The first-order valence-corrected chi connectivity index (χ1v) is 12.1. The molecule has 0 unspecified atom stereocenters. The van der Waals surface area contributed by atoms with Crippen LogP contribution < -0.4 is 9.47 Å². The molecule has 2 aliphatic heterocycles. The monoisotopic (exact) mass is 474 g/mol. The first kappa shape index (κ1) is 22.1. The largest absolute Gasteiger partial charge is 0.464 e. The van der Waals surface area contributed by atoms with Crippen molar-refractivity contribution >= 4 is 11.7 Å². The highest BCUT2D eigenvalue weighted by molar-refractivity contribution is 6.02. The van der Waals surface area contributed by atoms with Gasteiger partial charge in [-0.05, 0) is 61.9 Å². The Kier molecular flexibility index (Phi) is 5.53. The molecule has 2 aliphatic rings. The van der Waals surface area contributed by atoms with E-state index in [0.717, 1.165) is 40.1 Å². The lowest BCUT2D eigenvalue weighted by molar-refractivity contribution is -0.0190. The van der Waals surface area contributed by atoms with Gasteiger partial charge in [0, 0.05) is 17.5 Å². The maximum absolute atomic E-state index is 12.5. The number of rotatable bonds is 4. The number of carbonyl (C=O) groups excluding carboxylic acids is 1. The van der Waals surface area contributed by atoms with Crippen molar-refractivity contribution in [3.05, 3.63) is 130 Å². The molecule has 0 bridgehead atoms. The van der Waals surface area contributed by atoms with Crippen LogP contribution in [0.15, 0.2) is 102 Å². The highest BCUT2D eigenvalue weighted by atomic mass is 16.5. The van der Waals surface area contributed by atoms with Gasteiger partial charge in [0.1, 0.15) is 11.5 Å². The van der Waals surface area contributed by atoms with Crippen molar-refractivity contribution in [3.63, 3.8) is 0 Å². The number of carbonyl (C=O) groups is 1. The van der Waals surface area contributed by atoms with Gasteiger partial charge >= 0.3 is 5.97 Å². The summed E-state index contributed by atoms with van der Waals surface area (Å²) >= 11 is 0. The average Bonchev–Trinajstić information content (AvgIpc) is 3.35. The summed E-state index contributed by atoms with van der Waals surface area (Å²) < 4.78 is 12.0. The Labute approximate surface area is 210 Å². The number of fused-ring (bicyclic) bond motifs is 3. The number of ether oxygens (including phenoxy) is 2. The number of nitrogens with zero attached hydrogens (tertiary/aromatic N) is 2. The smallest absolute Gasteiger partial charge is 0.343 e. The van der Waals surface area contributed by atoms with E-state index in [9.17, 15) is 4.79 Å². The number of para-hydroxylation sites is 1. The van der Waals surface area contributed by atoms with Gasteiger partial charge in [0.15, 0.2) is 0 Å². The van der Waals surface area contributed by atoms with Crippen LogP contribution in [0.2, 0.25) is 0 Å². The molecule has 0 spiro atoms. The Balaban J connectivity index is 1.28. The van der Waals surface area contributed by atoms with Gasteiger partial charge in [-0.15, -0.1) is 0 Å². The van der Waals surface area contributed by atoms with Gasteiger partial charge in [0.2, 0.25) is 6.23 Å². The lowest BCUT2D eigenvalue weighted by atomic mass is 9.95. The van der Waals surface area contributed by atoms with Gasteiger partial charge in [-0.3, -0.25) is 0 Å². The number of hydrazone groups is 1. The molecule has 0 aromatic heterocycles. The van der Waals surface area contributed by atoms with E-state index in [2.05, 4.69) is 42.3 Å². The Morgan fingerprint density at radius 2 is 1.53 bits per heavy atom. The normalized spacial score (nSPS) is 18.1. The zero-order chi connectivity index (χ0) is 24.6. The van der Waals surface area contributed by atoms with Crippen LogP contribution >= 0.6 is 0 Å². The summed E-state index contributed by atoms with van der Waals surface area (Å²) in [4.78, 5) is 12.5. The molecule has 0 amide bonds. The predicted molar refractivity (Wildman–Crippen MR) is 139 cm³/mol. The van der Waals surface area contributed by atoms with Crippen LogP contribution in [0.5, 0.6) is 11.5 Å². The van der Waals surface area contributed by atoms with Crippen molar-refractivity contribution in [1.82, 2.24) is 5.01 Å². The van der Waals surface area contributed by atoms with Crippen LogP contribution in [0.25, 0.3) is 0 Å². The van der Waals surface area contributed by atoms with Gasteiger partial charge in [0.25, 0.3) is 0 Å². The second kappa shape index (κ2) is 9.00. The van der Waals surface area contributed by atoms with Crippen molar-refractivity contribution in [2.45, 2.75) is 32.5 Å². The standard InChI is InChI=1S/C31H26N2O3/c1-20-7-11-22(12-8-20)27-19-28-26-5-3-4-6-29(26)36-30(33(28)32-27)23-15-17-25(18-16-23)35-31(34)24-13-9-21(2)10-14-24/h3-18,28,30H,19H2,1-2H3/t28-,30-/m1/s1. The van der Waals surface area contributed by atoms with Gasteiger partial charge in [-0.1, -0.05) is 65.7 Å². The van der Waals surface area contributed by atoms with Gasteiger partial charge < -0.3 is 9.47 Å². The first-order chi connectivity index (χ1) is 17.5. The minimum Gasteiger partial charge on any atom is -0.464 e. The molecule has 2 atom stereocenters.